The van der Waals surface area contributed by atoms with Crippen molar-refractivity contribution in [2.45, 2.75) is 97.8 Å². The van der Waals surface area contributed by atoms with E-state index in [4.69, 9.17) is 29.2 Å². The molecule has 7 heteroatoms. The number of amidine groups is 2. The summed E-state index contributed by atoms with van der Waals surface area (Å²) in [6.45, 7) is 8.88. The number of aliphatic imine (C=N–C) groups is 3. The van der Waals surface area contributed by atoms with Gasteiger partial charge >= 0.3 is 0 Å². The molecule has 0 fully saturated rings. The van der Waals surface area contributed by atoms with Crippen molar-refractivity contribution < 1.29 is 14.2 Å². The molecule has 0 spiro atoms. The Morgan fingerprint density at radius 2 is 1.25 bits per heavy atom. The minimum absolute atomic E-state index is 0.523. The Kier molecular flexibility index (Phi) is 15.0. The van der Waals surface area contributed by atoms with Crippen molar-refractivity contribution in [3.05, 3.63) is 77.4 Å². The molecule has 4 rings (SSSR count). The summed E-state index contributed by atoms with van der Waals surface area (Å²) in [5.74, 6) is 3.15. The molecule has 0 N–H and O–H groups in total. The quantitative estimate of drug-likeness (QED) is 0.107. The maximum atomic E-state index is 5.75. The van der Waals surface area contributed by atoms with Crippen molar-refractivity contribution >= 4 is 28.8 Å². The number of unbranched alkanes of at least 4 members (excludes halogenated alkanes) is 10. The number of rotatable bonds is 21. The summed E-state index contributed by atoms with van der Waals surface area (Å²) in [6, 6.07) is 20.1. The molecular formula is C41H56N4O3. The molecule has 0 radical (unpaired) electrons. The van der Waals surface area contributed by atoms with Gasteiger partial charge in [0.05, 0.1) is 32.6 Å². The van der Waals surface area contributed by atoms with Gasteiger partial charge in [-0.3, -0.25) is 0 Å². The number of ether oxygens (including phenoxy) is 3. The molecule has 48 heavy (non-hydrogen) atoms. The molecule has 0 aromatic heterocycles. The highest BCUT2D eigenvalue weighted by atomic mass is 16.5. The second-order valence-electron chi connectivity index (χ2n) is 12.6. The van der Waals surface area contributed by atoms with Gasteiger partial charge < -0.3 is 19.1 Å². The van der Waals surface area contributed by atoms with E-state index in [2.05, 4.69) is 43.9 Å². The van der Waals surface area contributed by atoms with Crippen LogP contribution in [0, 0.1) is 6.92 Å². The fourth-order valence-electron chi connectivity index (χ4n) is 6.15. The van der Waals surface area contributed by atoms with Crippen molar-refractivity contribution in [1.82, 2.24) is 0 Å². The second-order valence-corrected chi connectivity index (χ2v) is 12.6. The smallest absolute Gasteiger partial charge is 0.181 e. The van der Waals surface area contributed by atoms with Crippen LogP contribution in [0.3, 0.4) is 0 Å². The molecular weight excluding hydrogens is 596 g/mol. The summed E-state index contributed by atoms with van der Waals surface area (Å²) in [6.07, 6.45) is 15.6. The highest BCUT2D eigenvalue weighted by Crippen LogP contribution is 2.32. The third-order valence-corrected chi connectivity index (χ3v) is 8.99. The Hall–Kier alpha value is -4.13. The average molecular weight is 653 g/mol. The molecule has 7 nitrogen and oxygen atoms in total. The van der Waals surface area contributed by atoms with E-state index in [1.165, 1.54) is 82.7 Å². The van der Waals surface area contributed by atoms with E-state index in [9.17, 15) is 0 Å². The fourth-order valence-corrected chi connectivity index (χ4v) is 6.15. The average Bonchev–Trinajstić information content (AvgIpc) is 3.54. The van der Waals surface area contributed by atoms with Crippen LogP contribution in [0.25, 0.3) is 0 Å². The first-order valence-corrected chi connectivity index (χ1v) is 18.0. The van der Waals surface area contributed by atoms with Crippen LogP contribution < -0.4 is 19.1 Å². The molecule has 1 heterocycles. The van der Waals surface area contributed by atoms with Crippen molar-refractivity contribution in [1.29, 1.82) is 0 Å². The molecule has 0 saturated carbocycles. The number of hydrogen-bond acceptors (Lipinski definition) is 6. The van der Waals surface area contributed by atoms with E-state index in [0.717, 1.165) is 35.5 Å². The van der Waals surface area contributed by atoms with Crippen LogP contribution >= 0.6 is 0 Å². The largest absolute Gasteiger partial charge is 0.497 e. The topological polar surface area (TPSA) is 68.0 Å². The standard InChI is InChI=1S/C41H56N4O3/c1-7-9-11-13-15-19-27-45(28-20-16-14-12-10-8-2)32-23-25-36(31(3)29-32)42-41-39(35-30-33(46-4)24-26-38(35)48-6)43-40(44-41)34-21-17-18-22-37(34)47-5/h17-18,21-26,29-30H,7-16,19-20,27-28H2,1-6H3. The van der Waals surface area contributed by atoms with Crippen molar-refractivity contribution in [3.8, 4) is 17.2 Å². The van der Waals surface area contributed by atoms with Crippen LogP contribution in [-0.2, 0) is 0 Å². The molecule has 258 valence electrons. The summed E-state index contributed by atoms with van der Waals surface area (Å²) in [5, 5.41) is 0. The lowest BCUT2D eigenvalue weighted by Crippen LogP contribution is -2.25. The molecule has 0 bridgehead atoms. The molecule has 0 saturated heterocycles. The SMILES string of the molecule is CCCCCCCCN(CCCCCCCC)c1ccc(N=C2N=C(c3ccccc3OC)N=C2c2cc(OC)ccc2OC)c(C)c1. The third kappa shape index (κ3) is 10.2. The third-order valence-electron chi connectivity index (χ3n) is 8.99. The van der Waals surface area contributed by atoms with Crippen LogP contribution in [0.15, 0.2) is 75.6 Å². The van der Waals surface area contributed by atoms with Crippen LogP contribution in [0.1, 0.15) is 108 Å². The van der Waals surface area contributed by atoms with Gasteiger partial charge in [0.25, 0.3) is 0 Å². The van der Waals surface area contributed by atoms with Gasteiger partial charge in [-0.1, -0.05) is 90.2 Å². The number of nitrogens with zero attached hydrogens (tertiary/aromatic N) is 4. The zero-order valence-electron chi connectivity index (χ0n) is 30.2. The molecule has 0 unspecified atom stereocenters. The maximum absolute atomic E-state index is 5.75. The van der Waals surface area contributed by atoms with E-state index >= 15 is 0 Å². The summed E-state index contributed by atoms with van der Waals surface area (Å²) in [4.78, 5) is 17.7. The van der Waals surface area contributed by atoms with E-state index in [0.29, 0.717) is 34.6 Å². The van der Waals surface area contributed by atoms with Crippen molar-refractivity contribution in [3.63, 3.8) is 0 Å². The van der Waals surface area contributed by atoms with Gasteiger partial charge in [0.15, 0.2) is 11.7 Å². The maximum Gasteiger partial charge on any atom is 0.181 e. The van der Waals surface area contributed by atoms with Crippen LogP contribution in [0.5, 0.6) is 17.2 Å². The lowest BCUT2D eigenvalue weighted by atomic mass is 10.1. The molecule has 3 aromatic carbocycles. The van der Waals surface area contributed by atoms with E-state index in [-0.39, 0.29) is 0 Å². The minimum atomic E-state index is 0.523. The Morgan fingerprint density at radius 1 is 0.625 bits per heavy atom. The summed E-state index contributed by atoms with van der Waals surface area (Å²) >= 11 is 0. The predicted octanol–water partition coefficient (Wildman–Crippen LogP) is 10.5. The Balaban J connectivity index is 1.64. The van der Waals surface area contributed by atoms with Crippen molar-refractivity contribution in [2.24, 2.45) is 15.0 Å². The monoisotopic (exact) mass is 652 g/mol. The second kappa shape index (κ2) is 19.6. The van der Waals surface area contributed by atoms with Gasteiger partial charge in [-0.2, -0.15) is 0 Å². The molecule has 0 atom stereocenters. The van der Waals surface area contributed by atoms with Crippen molar-refractivity contribution in [2.75, 3.05) is 39.3 Å². The number of hydrogen-bond donors (Lipinski definition) is 0. The van der Waals surface area contributed by atoms with E-state index in [1.54, 1.807) is 21.3 Å². The highest BCUT2D eigenvalue weighted by Gasteiger charge is 2.26. The first kappa shape index (κ1) is 36.7. The molecule has 3 aromatic rings. The summed E-state index contributed by atoms with van der Waals surface area (Å²) < 4.78 is 17.0. The van der Waals surface area contributed by atoms with E-state index in [1.807, 2.05) is 42.5 Å². The van der Waals surface area contributed by atoms with Gasteiger partial charge in [0, 0.05) is 24.3 Å². The molecule has 0 aliphatic carbocycles. The molecule has 0 amide bonds. The van der Waals surface area contributed by atoms with Crippen LogP contribution in [0.2, 0.25) is 0 Å². The Labute approximate surface area is 289 Å². The first-order chi connectivity index (χ1) is 23.5. The van der Waals surface area contributed by atoms with E-state index < -0.39 is 0 Å². The van der Waals surface area contributed by atoms with Gasteiger partial charge in [-0.05, 0) is 73.9 Å². The first-order valence-electron chi connectivity index (χ1n) is 18.0. The number of para-hydroxylation sites is 1. The number of aryl methyl sites for hydroxylation is 1. The number of methoxy groups -OCH3 is 3. The minimum Gasteiger partial charge on any atom is -0.497 e. The summed E-state index contributed by atoms with van der Waals surface area (Å²) in [5.41, 5.74) is 5.44. The zero-order chi connectivity index (χ0) is 34.1. The lowest BCUT2D eigenvalue weighted by molar-refractivity contribution is 0.402. The summed E-state index contributed by atoms with van der Waals surface area (Å²) in [7, 11) is 4.97. The number of benzene rings is 3. The van der Waals surface area contributed by atoms with Gasteiger partial charge in [0.1, 0.15) is 23.0 Å². The predicted molar refractivity (Wildman–Crippen MR) is 203 cm³/mol. The van der Waals surface area contributed by atoms with Gasteiger partial charge in [0.2, 0.25) is 0 Å². The van der Waals surface area contributed by atoms with Crippen LogP contribution in [0.4, 0.5) is 11.4 Å². The van der Waals surface area contributed by atoms with Gasteiger partial charge in [-0.15, -0.1) is 0 Å². The zero-order valence-corrected chi connectivity index (χ0v) is 30.2. The fraction of sp³-hybridized carbons (Fsp3) is 0.488. The highest BCUT2D eigenvalue weighted by molar-refractivity contribution is 6.54. The molecule has 1 aliphatic rings. The van der Waals surface area contributed by atoms with Crippen LogP contribution in [-0.4, -0.2) is 51.8 Å². The Bertz CT molecular complexity index is 1530. The Morgan fingerprint density at radius 3 is 1.88 bits per heavy atom. The normalized spacial score (nSPS) is 13.4. The number of anilines is 1. The van der Waals surface area contributed by atoms with Gasteiger partial charge in [-0.25, -0.2) is 15.0 Å². The molecule has 1 aliphatic heterocycles. The lowest BCUT2D eigenvalue weighted by Gasteiger charge is -2.26.